The number of anilines is 1. The Labute approximate surface area is 126 Å². The molecule has 0 saturated heterocycles. The summed E-state index contributed by atoms with van der Waals surface area (Å²) >= 11 is 1.19. The Bertz CT molecular complexity index is 790. The number of methoxy groups -OCH3 is 1. The molecule has 0 aromatic carbocycles. The van der Waals surface area contributed by atoms with Crippen molar-refractivity contribution in [3.8, 4) is 0 Å². The number of nitrogens with zero attached hydrogens (tertiary/aromatic N) is 1. The fourth-order valence-corrected chi connectivity index (χ4v) is 4.33. The predicted molar refractivity (Wildman–Crippen MR) is 79.3 cm³/mol. The summed E-state index contributed by atoms with van der Waals surface area (Å²) in [5.41, 5.74) is 1.37. The van der Waals surface area contributed by atoms with Crippen LogP contribution in [0.15, 0.2) is 11.1 Å². The highest BCUT2D eigenvalue weighted by molar-refractivity contribution is 7.93. The van der Waals surface area contributed by atoms with Gasteiger partial charge in [-0.2, -0.15) is 5.10 Å². The third-order valence-corrected chi connectivity index (χ3v) is 5.79. The van der Waals surface area contributed by atoms with Crippen LogP contribution in [0.2, 0.25) is 0 Å². The fraction of sp³-hybridized carbons (Fsp3) is 0.333. The zero-order valence-electron chi connectivity index (χ0n) is 12.0. The first-order chi connectivity index (χ1) is 9.77. The smallest absolute Gasteiger partial charge is 0.341 e. The summed E-state index contributed by atoms with van der Waals surface area (Å²) in [7, 11) is -2.55. The molecule has 0 spiro atoms. The van der Waals surface area contributed by atoms with Crippen molar-refractivity contribution < 1.29 is 17.9 Å². The molecule has 21 heavy (non-hydrogen) atoms. The van der Waals surface area contributed by atoms with Gasteiger partial charge in [-0.1, -0.05) is 0 Å². The molecule has 0 aliphatic heterocycles. The Morgan fingerprint density at radius 2 is 2.05 bits per heavy atom. The van der Waals surface area contributed by atoms with E-state index in [1.54, 1.807) is 13.8 Å². The Hall–Kier alpha value is -1.87. The zero-order valence-corrected chi connectivity index (χ0v) is 13.6. The molecular weight excluding hydrogens is 314 g/mol. The van der Waals surface area contributed by atoms with Gasteiger partial charge in [0.05, 0.1) is 24.6 Å². The summed E-state index contributed by atoms with van der Waals surface area (Å²) in [6.07, 6.45) is 1.23. The highest BCUT2D eigenvalue weighted by Gasteiger charge is 2.26. The van der Waals surface area contributed by atoms with Crippen LogP contribution < -0.4 is 4.72 Å². The van der Waals surface area contributed by atoms with E-state index in [4.69, 9.17) is 4.74 Å². The molecule has 0 radical (unpaired) electrons. The third kappa shape index (κ3) is 2.79. The first-order valence-electron chi connectivity index (χ1n) is 5.99. The van der Waals surface area contributed by atoms with Crippen LogP contribution in [-0.2, 0) is 14.8 Å². The number of nitrogens with one attached hydrogen (secondary N) is 2. The SMILES string of the molecule is COC(=O)c1c(NS(=O)(=O)c2cn[nH]c2C)sc(C)c1C. The number of aryl methyl sites for hydroxylation is 2. The van der Waals surface area contributed by atoms with Gasteiger partial charge in [0.15, 0.2) is 0 Å². The molecule has 9 heteroatoms. The van der Waals surface area contributed by atoms with E-state index in [1.807, 2.05) is 6.92 Å². The number of carbonyl (C=O) groups excluding carboxylic acids is 1. The number of hydrogen-bond acceptors (Lipinski definition) is 6. The topological polar surface area (TPSA) is 101 Å². The minimum Gasteiger partial charge on any atom is -0.465 e. The van der Waals surface area contributed by atoms with E-state index in [-0.39, 0.29) is 15.5 Å². The molecule has 0 fully saturated rings. The quantitative estimate of drug-likeness (QED) is 0.835. The molecule has 0 amide bonds. The maximum atomic E-state index is 12.4. The van der Waals surface area contributed by atoms with Crippen molar-refractivity contribution in [3.63, 3.8) is 0 Å². The van der Waals surface area contributed by atoms with E-state index in [1.165, 1.54) is 24.6 Å². The molecule has 0 atom stereocenters. The van der Waals surface area contributed by atoms with E-state index in [0.29, 0.717) is 11.3 Å². The zero-order chi connectivity index (χ0) is 15.8. The number of aromatic amines is 1. The molecule has 7 nitrogen and oxygen atoms in total. The minimum absolute atomic E-state index is 0.0435. The number of ether oxygens (including phenoxy) is 1. The van der Waals surface area contributed by atoms with Crippen LogP contribution in [0.3, 0.4) is 0 Å². The van der Waals surface area contributed by atoms with E-state index < -0.39 is 16.0 Å². The van der Waals surface area contributed by atoms with Crippen molar-refractivity contribution in [1.82, 2.24) is 10.2 Å². The third-order valence-electron chi connectivity index (χ3n) is 3.08. The number of thiophene rings is 1. The van der Waals surface area contributed by atoms with Gasteiger partial charge in [-0.25, -0.2) is 13.2 Å². The lowest BCUT2D eigenvalue weighted by atomic mass is 10.2. The fourth-order valence-electron chi connectivity index (χ4n) is 1.83. The van der Waals surface area contributed by atoms with Crippen molar-refractivity contribution in [1.29, 1.82) is 0 Å². The number of rotatable bonds is 4. The number of aromatic nitrogens is 2. The van der Waals surface area contributed by atoms with Gasteiger partial charge in [0.1, 0.15) is 9.90 Å². The van der Waals surface area contributed by atoms with Crippen LogP contribution in [0.25, 0.3) is 0 Å². The molecule has 0 saturated carbocycles. The van der Waals surface area contributed by atoms with Crippen LogP contribution in [-0.4, -0.2) is 31.7 Å². The van der Waals surface area contributed by atoms with Crippen LogP contribution in [0, 0.1) is 20.8 Å². The van der Waals surface area contributed by atoms with Crippen molar-refractivity contribution in [2.75, 3.05) is 11.8 Å². The van der Waals surface area contributed by atoms with Gasteiger partial charge in [0, 0.05) is 4.88 Å². The standard InChI is InChI=1S/C12H15N3O4S2/c1-6-8(3)20-11(10(6)12(16)19-4)15-21(17,18)9-5-13-14-7(9)2/h5,15H,1-4H3,(H,13,14). The molecule has 0 aliphatic carbocycles. The number of hydrogen-bond donors (Lipinski definition) is 2. The Balaban J connectivity index is 2.48. The summed E-state index contributed by atoms with van der Waals surface area (Å²) < 4.78 is 31.9. The van der Waals surface area contributed by atoms with Crippen molar-refractivity contribution >= 4 is 32.3 Å². The second kappa shape index (κ2) is 5.49. The highest BCUT2D eigenvalue weighted by Crippen LogP contribution is 2.34. The number of sulfonamides is 1. The lowest BCUT2D eigenvalue weighted by molar-refractivity contribution is 0.0601. The van der Waals surface area contributed by atoms with E-state index >= 15 is 0 Å². The summed E-state index contributed by atoms with van der Waals surface area (Å²) in [5.74, 6) is -0.571. The molecule has 2 aromatic heterocycles. The van der Waals surface area contributed by atoms with E-state index in [2.05, 4.69) is 14.9 Å². The average molecular weight is 329 g/mol. The maximum Gasteiger partial charge on any atom is 0.341 e. The number of esters is 1. The van der Waals surface area contributed by atoms with Gasteiger partial charge in [0.2, 0.25) is 0 Å². The van der Waals surface area contributed by atoms with E-state index in [0.717, 1.165) is 4.88 Å². The molecule has 114 valence electrons. The Morgan fingerprint density at radius 3 is 2.57 bits per heavy atom. The Morgan fingerprint density at radius 1 is 1.38 bits per heavy atom. The largest absolute Gasteiger partial charge is 0.465 e. The van der Waals surface area contributed by atoms with E-state index in [9.17, 15) is 13.2 Å². The summed E-state index contributed by atoms with van der Waals surface area (Å²) in [6.45, 7) is 5.17. The lowest BCUT2D eigenvalue weighted by Crippen LogP contribution is -2.15. The summed E-state index contributed by atoms with van der Waals surface area (Å²) in [5, 5.41) is 6.51. The molecule has 0 unspecified atom stereocenters. The second-order valence-corrected chi connectivity index (χ2v) is 7.32. The first kappa shape index (κ1) is 15.5. The maximum absolute atomic E-state index is 12.4. The molecular formula is C12H15N3O4S2. The van der Waals surface area contributed by atoms with Gasteiger partial charge < -0.3 is 4.74 Å². The van der Waals surface area contributed by atoms with Crippen LogP contribution in [0.4, 0.5) is 5.00 Å². The molecule has 0 aliphatic rings. The average Bonchev–Trinajstić information content (AvgIpc) is 2.94. The van der Waals surface area contributed by atoms with Crippen LogP contribution in [0.1, 0.15) is 26.5 Å². The van der Waals surface area contributed by atoms with Crippen LogP contribution >= 0.6 is 11.3 Å². The van der Waals surface area contributed by atoms with Gasteiger partial charge in [0.25, 0.3) is 10.0 Å². The number of H-pyrrole nitrogens is 1. The van der Waals surface area contributed by atoms with Crippen LogP contribution in [0.5, 0.6) is 0 Å². The lowest BCUT2D eigenvalue weighted by Gasteiger charge is -2.07. The molecule has 2 N–H and O–H groups in total. The number of carbonyl (C=O) groups is 1. The van der Waals surface area contributed by atoms with Gasteiger partial charge >= 0.3 is 5.97 Å². The minimum atomic E-state index is -3.81. The molecule has 0 bridgehead atoms. The molecule has 2 rings (SSSR count). The summed E-state index contributed by atoms with van der Waals surface area (Å²) in [6, 6.07) is 0. The van der Waals surface area contributed by atoms with Crippen molar-refractivity contribution in [2.45, 2.75) is 25.7 Å². The molecule has 2 heterocycles. The van der Waals surface area contributed by atoms with Crippen molar-refractivity contribution in [2.24, 2.45) is 0 Å². The van der Waals surface area contributed by atoms with Gasteiger partial charge in [-0.05, 0) is 26.3 Å². The highest BCUT2D eigenvalue weighted by atomic mass is 32.2. The van der Waals surface area contributed by atoms with Gasteiger partial charge in [-0.15, -0.1) is 11.3 Å². The van der Waals surface area contributed by atoms with Gasteiger partial charge in [-0.3, -0.25) is 9.82 Å². The Kier molecular flexibility index (Phi) is 4.06. The van der Waals surface area contributed by atoms with Crippen molar-refractivity contribution in [3.05, 3.63) is 27.9 Å². The first-order valence-corrected chi connectivity index (χ1v) is 8.29. The molecule has 2 aromatic rings. The predicted octanol–water partition coefficient (Wildman–Crippen LogP) is 1.98. The second-order valence-electron chi connectivity index (χ2n) is 4.44. The monoisotopic (exact) mass is 329 g/mol. The summed E-state index contributed by atoms with van der Waals surface area (Å²) in [4.78, 5) is 12.7. The normalized spacial score (nSPS) is 11.4.